The molecule has 0 aliphatic rings. The number of benzene rings is 1. The van der Waals surface area contributed by atoms with Gasteiger partial charge in [0.2, 0.25) is 0 Å². The van der Waals surface area contributed by atoms with Crippen LogP contribution in [0.15, 0.2) is 34.9 Å². The zero-order valence-corrected chi connectivity index (χ0v) is 13.3. The van der Waals surface area contributed by atoms with E-state index in [1.807, 2.05) is 10.7 Å². The first kappa shape index (κ1) is 15.2. The lowest BCUT2D eigenvalue weighted by atomic mass is 10.2. The number of aromatic nitrogens is 2. The highest BCUT2D eigenvalue weighted by Crippen LogP contribution is 2.17. The van der Waals surface area contributed by atoms with E-state index in [2.05, 4.69) is 40.2 Å². The summed E-state index contributed by atoms with van der Waals surface area (Å²) in [6.45, 7) is 6.48. The fourth-order valence-electron chi connectivity index (χ4n) is 1.97. The molecule has 0 amide bonds. The van der Waals surface area contributed by atoms with Gasteiger partial charge in [0.1, 0.15) is 5.82 Å². The molecule has 20 heavy (non-hydrogen) atoms. The summed E-state index contributed by atoms with van der Waals surface area (Å²) in [5.41, 5.74) is 1.69. The summed E-state index contributed by atoms with van der Waals surface area (Å²) in [6, 6.07) is 6.93. The Morgan fingerprint density at radius 3 is 2.90 bits per heavy atom. The van der Waals surface area contributed by atoms with E-state index in [9.17, 15) is 4.39 Å². The lowest BCUT2D eigenvalue weighted by molar-refractivity contribution is 0.523. The normalized spacial score (nSPS) is 11.2. The Morgan fingerprint density at radius 1 is 1.35 bits per heavy atom. The monoisotopic (exact) mass is 339 g/mol. The van der Waals surface area contributed by atoms with Crippen LogP contribution in [0.1, 0.15) is 25.1 Å². The standard InChI is InChI=1S/C15H19BrFN3/c1-11(2)8-18-9-14-5-6-19-20(14)10-12-7-13(16)3-4-15(12)17/h3-7,11,18H,8-10H2,1-2H3. The summed E-state index contributed by atoms with van der Waals surface area (Å²) in [5, 5.41) is 7.65. The van der Waals surface area contributed by atoms with Crippen molar-refractivity contribution in [3.8, 4) is 0 Å². The van der Waals surface area contributed by atoms with E-state index in [1.54, 1.807) is 18.3 Å². The number of rotatable bonds is 6. The van der Waals surface area contributed by atoms with Gasteiger partial charge in [-0.2, -0.15) is 5.10 Å². The second-order valence-corrected chi connectivity index (χ2v) is 6.16. The average molecular weight is 340 g/mol. The first-order valence-electron chi connectivity index (χ1n) is 6.71. The molecule has 0 unspecified atom stereocenters. The van der Waals surface area contributed by atoms with Gasteiger partial charge in [-0.1, -0.05) is 29.8 Å². The Hall–Kier alpha value is -1.20. The van der Waals surface area contributed by atoms with Crippen molar-refractivity contribution in [2.45, 2.75) is 26.9 Å². The summed E-state index contributed by atoms with van der Waals surface area (Å²) < 4.78 is 16.5. The average Bonchev–Trinajstić information content (AvgIpc) is 2.81. The molecule has 3 nitrogen and oxygen atoms in total. The van der Waals surface area contributed by atoms with Crippen LogP contribution in [0, 0.1) is 11.7 Å². The lowest BCUT2D eigenvalue weighted by Crippen LogP contribution is -2.21. The number of nitrogens with zero attached hydrogens (tertiary/aromatic N) is 2. The summed E-state index contributed by atoms with van der Waals surface area (Å²) in [4.78, 5) is 0. The van der Waals surface area contributed by atoms with Crippen molar-refractivity contribution < 1.29 is 4.39 Å². The maximum absolute atomic E-state index is 13.8. The van der Waals surface area contributed by atoms with Crippen molar-refractivity contribution in [3.63, 3.8) is 0 Å². The van der Waals surface area contributed by atoms with Crippen LogP contribution in [0.2, 0.25) is 0 Å². The molecule has 0 saturated heterocycles. The highest BCUT2D eigenvalue weighted by atomic mass is 79.9. The van der Waals surface area contributed by atoms with Crippen LogP contribution in [0.3, 0.4) is 0 Å². The minimum Gasteiger partial charge on any atom is -0.311 e. The van der Waals surface area contributed by atoms with Gasteiger partial charge in [0.25, 0.3) is 0 Å². The molecule has 0 atom stereocenters. The van der Waals surface area contributed by atoms with Crippen LogP contribution >= 0.6 is 15.9 Å². The quantitative estimate of drug-likeness (QED) is 0.871. The molecular weight excluding hydrogens is 321 g/mol. The molecule has 0 spiro atoms. The number of nitrogens with one attached hydrogen (secondary N) is 1. The van der Waals surface area contributed by atoms with Crippen molar-refractivity contribution in [2.75, 3.05) is 6.54 Å². The van der Waals surface area contributed by atoms with Crippen LogP contribution in [0.4, 0.5) is 4.39 Å². The first-order valence-corrected chi connectivity index (χ1v) is 7.51. The van der Waals surface area contributed by atoms with Gasteiger partial charge < -0.3 is 5.32 Å². The third-order valence-corrected chi connectivity index (χ3v) is 3.48. The second kappa shape index (κ2) is 6.99. The fourth-order valence-corrected chi connectivity index (χ4v) is 2.38. The van der Waals surface area contributed by atoms with Gasteiger partial charge in [-0.3, -0.25) is 4.68 Å². The number of halogens is 2. The maximum Gasteiger partial charge on any atom is 0.128 e. The smallest absolute Gasteiger partial charge is 0.128 e. The Bertz CT molecular complexity index is 566. The van der Waals surface area contributed by atoms with Gasteiger partial charge in [-0.15, -0.1) is 0 Å². The van der Waals surface area contributed by atoms with Crippen LogP contribution in [-0.4, -0.2) is 16.3 Å². The van der Waals surface area contributed by atoms with Gasteiger partial charge in [-0.25, -0.2) is 4.39 Å². The zero-order chi connectivity index (χ0) is 14.5. The van der Waals surface area contributed by atoms with Gasteiger partial charge in [-0.05, 0) is 36.7 Å². The number of hydrogen-bond acceptors (Lipinski definition) is 2. The molecule has 0 saturated carbocycles. The molecule has 108 valence electrons. The highest BCUT2D eigenvalue weighted by molar-refractivity contribution is 9.10. The molecule has 0 radical (unpaired) electrons. The van der Waals surface area contributed by atoms with Gasteiger partial charge in [0.15, 0.2) is 0 Å². The predicted molar refractivity (Wildman–Crippen MR) is 82.0 cm³/mol. The van der Waals surface area contributed by atoms with Crippen LogP contribution in [0.25, 0.3) is 0 Å². The zero-order valence-electron chi connectivity index (χ0n) is 11.7. The van der Waals surface area contributed by atoms with E-state index in [0.717, 1.165) is 23.3 Å². The van der Waals surface area contributed by atoms with Crippen molar-refractivity contribution in [2.24, 2.45) is 5.92 Å². The first-order chi connectivity index (χ1) is 9.56. The van der Waals surface area contributed by atoms with Gasteiger partial charge >= 0.3 is 0 Å². The molecule has 0 bridgehead atoms. The largest absolute Gasteiger partial charge is 0.311 e. The maximum atomic E-state index is 13.8. The third kappa shape index (κ3) is 4.15. The fraction of sp³-hybridized carbons (Fsp3) is 0.400. The summed E-state index contributed by atoms with van der Waals surface area (Å²) in [5.74, 6) is 0.402. The molecule has 1 heterocycles. The van der Waals surface area contributed by atoms with Gasteiger partial charge in [0, 0.05) is 22.8 Å². The molecule has 2 rings (SSSR count). The van der Waals surface area contributed by atoms with E-state index < -0.39 is 0 Å². The van der Waals surface area contributed by atoms with Gasteiger partial charge in [0.05, 0.1) is 12.2 Å². The van der Waals surface area contributed by atoms with Crippen molar-refractivity contribution in [3.05, 3.63) is 52.0 Å². The predicted octanol–water partition coefficient (Wildman–Crippen LogP) is 3.58. The molecule has 2 aromatic rings. The molecule has 5 heteroatoms. The van der Waals surface area contributed by atoms with Crippen molar-refractivity contribution >= 4 is 15.9 Å². The second-order valence-electron chi connectivity index (χ2n) is 5.24. The minimum absolute atomic E-state index is 0.204. The van der Waals surface area contributed by atoms with Crippen molar-refractivity contribution in [1.29, 1.82) is 0 Å². The van der Waals surface area contributed by atoms with Crippen molar-refractivity contribution in [1.82, 2.24) is 15.1 Å². The van der Waals surface area contributed by atoms with E-state index in [-0.39, 0.29) is 5.82 Å². The topological polar surface area (TPSA) is 29.9 Å². The summed E-state index contributed by atoms with van der Waals surface area (Å²) in [7, 11) is 0. The lowest BCUT2D eigenvalue weighted by Gasteiger charge is -2.11. The van der Waals surface area contributed by atoms with E-state index in [1.165, 1.54) is 6.07 Å². The molecule has 1 N–H and O–H groups in total. The Kier molecular flexibility index (Phi) is 5.31. The van der Waals surface area contributed by atoms with Crippen LogP contribution in [-0.2, 0) is 13.1 Å². The van der Waals surface area contributed by atoms with Crippen LogP contribution < -0.4 is 5.32 Å². The Labute approximate surface area is 127 Å². The molecule has 0 aliphatic heterocycles. The summed E-state index contributed by atoms with van der Waals surface area (Å²) >= 11 is 3.37. The molecule has 1 aromatic carbocycles. The minimum atomic E-state index is -0.204. The highest BCUT2D eigenvalue weighted by Gasteiger charge is 2.08. The van der Waals surface area contributed by atoms with E-state index in [4.69, 9.17) is 0 Å². The van der Waals surface area contributed by atoms with Crippen LogP contribution in [0.5, 0.6) is 0 Å². The van der Waals surface area contributed by atoms with E-state index >= 15 is 0 Å². The molecule has 1 aromatic heterocycles. The number of hydrogen-bond donors (Lipinski definition) is 1. The third-order valence-electron chi connectivity index (χ3n) is 2.99. The molecule has 0 fully saturated rings. The summed E-state index contributed by atoms with van der Waals surface area (Å²) in [6.07, 6.45) is 1.75. The van der Waals surface area contributed by atoms with E-state index in [0.29, 0.717) is 18.0 Å². The Morgan fingerprint density at radius 2 is 2.15 bits per heavy atom. The Balaban J connectivity index is 2.06. The molecule has 0 aliphatic carbocycles. The molecular formula is C15H19BrFN3. The SMILES string of the molecule is CC(C)CNCc1ccnn1Cc1cc(Br)ccc1F.